The standard InChI is InChI=1S/C34H50O13/c1-20-12-9-7-5-4-6-8-10-15-25(46-33-31(40)30(39)21(2)22(3)45-33)17-27-29(32(41)42)26(37)19-34(43,47-27)18-24(36)14-11-13-23(35)16-28(38)44-20/h4-11,13,15,20-27,29-31,33,35-37,39-40,43H,12,14,16-19H2,1-3H3,(H,41,42)/b5-4+,8-6+,9-7+,13-11+,15-10+/t20-,21-,22?,23+,24+,25+,26+,27+,29-,30?,31?,33+,34-/m1/s1. The summed E-state index contributed by atoms with van der Waals surface area (Å²) < 4.78 is 23.1. The highest BCUT2D eigenvalue weighted by Crippen LogP contribution is 2.38. The number of aliphatic hydroxyl groups is 6. The maximum atomic E-state index is 12.2. The second-order valence-electron chi connectivity index (χ2n) is 12.6. The molecule has 2 bridgehead atoms. The molecule has 2 saturated heterocycles. The summed E-state index contributed by atoms with van der Waals surface area (Å²) in [5.41, 5.74) is 0. The third-order valence-electron chi connectivity index (χ3n) is 8.54. The molecule has 13 atom stereocenters. The Morgan fingerprint density at radius 3 is 2.28 bits per heavy atom. The topological polar surface area (TPSA) is 213 Å². The van der Waals surface area contributed by atoms with Gasteiger partial charge in [-0.2, -0.15) is 0 Å². The Balaban J connectivity index is 1.90. The van der Waals surface area contributed by atoms with Crippen LogP contribution in [-0.4, -0.2) is 115 Å². The summed E-state index contributed by atoms with van der Waals surface area (Å²) in [6.45, 7) is 5.19. The van der Waals surface area contributed by atoms with Crippen molar-refractivity contribution in [3.05, 3.63) is 60.8 Å². The first-order valence-corrected chi connectivity index (χ1v) is 16.1. The van der Waals surface area contributed by atoms with Gasteiger partial charge in [-0.15, -0.1) is 0 Å². The molecule has 7 N–H and O–H groups in total. The number of fused-ring (bicyclic) bond motifs is 2. The van der Waals surface area contributed by atoms with Crippen molar-refractivity contribution in [2.24, 2.45) is 11.8 Å². The number of allylic oxidation sites excluding steroid dienone is 6. The van der Waals surface area contributed by atoms with Gasteiger partial charge in [0.2, 0.25) is 0 Å². The van der Waals surface area contributed by atoms with Gasteiger partial charge >= 0.3 is 11.9 Å². The number of aliphatic carboxylic acids is 1. The van der Waals surface area contributed by atoms with Crippen LogP contribution in [-0.2, 0) is 28.5 Å². The van der Waals surface area contributed by atoms with Crippen LogP contribution < -0.4 is 0 Å². The number of carboxylic acids is 1. The number of ether oxygens (including phenoxy) is 4. The smallest absolute Gasteiger partial charge is 0.311 e. The zero-order chi connectivity index (χ0) is 34.7. The predicted octanol–water partition coefficient (Wildman–Crippen LogP) is 1.41. The van der Waals surface area contributed by atoms with E-state index in [4.69, 9.17) is 18.9 Å². The molecule has 3 aliphatic rings. The first-order valence-electron chi connectivity index (χ1n) is 16.1. The summed E-state index contributed by atoms with van der Waals surface area (Å²) in [5, 5.41) is 74.3. The van der Waals surface area contributed by atoms with Gasteiger partial charge in [0.05, 0.1) is 49.1 Å². The maximum absolute atomic E-state index is 12.2. The van der Waals surface area contributed by atoms with Crippen LogP contribution >= 0.6 is 0 Å². The molecule has 0 spiro atoms. The number of carbonyl (C=O) groups is 2. The zero-order valence-electron chi connectivity index (χ0n) is 27.0. The normalized spacial score (nSPS) is 45.0. The average molecular weight is 667 g/mol. The van der Waals surface area contributed by atoms with Crippen LogP contribution in [0, 0.1) is 11.8 Å². The number of hydrogen-bond acceptors (Lipinski definition) is 12. The summed E-state index contributed by atoms with van der Waals surface area (Å²) in [7, 11) is 0. The molecule has 2 fully saturated rings. The number of cyclic esters (lactones) is 1. The van der Waals surface area contributed by atoms with E-state index in [-0.39, 0.29) is 25.2 Å². The number of hydrogen-bond donors (Lipinski definition) is 7. The monoisotopic (exact) mass is 666 g/mol. The lowest BCUT2D eigenvalue weighted by molar-refractivity contribution is -0.310. The van der Waals surface area contributed by atoms with E-state index >= 15 is 0 Å². The Morgan fingerprint density at radius 2 is 1.57 bits per heavy atom. The van der Waals surface area contributed by atoms with E-state index in [0.29, 0.717) is 6.42 Å². The van der Waals surface area contributed by atoms with Gasteiger partial charge in [0.1, 0.15) is 18.1 Å². The molecule has 3 heterocycles. The van der Waals surface area contributed by atoms with Crippen molar-refractivity contribution in [3.63, 3.8) is 0 Å². The van der Waals surface area contributed by atoms with Gasteiger partial charge in [-0.3, -0.25) is 9.59 Å². The summed E-state index contributed by atoms with van der Waals surface area (Å²) in [6, 6.07) is 0. The SMILES string of the molecule is CC1O[C@@H](O[C@H]2/C=C/C=C/C=C/C=C/C[C@@H](C)OC(=O)C[C@@H](O)/C=C/C[C@H](O)C[C@]3(O)C[C@H](O)[C@@H](C(=O)O)[C@H](C2)O3)C(O)C(O)[C@@H]1C. The van der Waals surface area contributed by atoms with Crippen LogP contribution in [0.4, 0.5) is 0 Å². The molecule has 0 radical (unpaired) electrons. The molecule has 0 aromatic heterocycles. The summed E-state index contributed by atoms with van der Waals surface area (Å²) >= 11 is 0. The molecule has 3 aliphatic heterocycles. The molecule has 3 rings (SSSR count). The molecule has 13 heteroatoms. The van der Waals surface area contributed by atoms with Crippen LogP contribution in [0.25, 0.3) is 0 Å². The van der Waals surface area contributed by atoms with Crippen LogP contribution in [0.5, 0.6) is 0 Å². The van der Waals surface area contributed by atoms with E-state index in [1.54, 1.807) is 63.3 Å². The molecular formula is C34H50O13. The zero-order valence-corrected chi connectivity index (χ0v) is 27.0. The van der Waals surface area contributed by atoms with Crippen molar-refractivity contribution in [1.29, 1.82) is 0 Å². The van der Waals surface area contributed by atoms with E-state index < -0.39 is 97.7 Å². The third kappa shape index (κ3) is 12.0. The van der Waals surface area contributed by atoms with Gasteiger partial charge in [-0.25, -0.2) is 0 Å². The van der Waals surface area contributed by atoms with Gasteiger partial charge < -0.3 is 54.7 Å². The van der Waals surface area contributed by atoms with Crippen molar-refractivity contribution < 1.29 is 64.3 Å². The number of carbonyl (C=O) groups excluding carboxylic acids is 1. The number of rotatable bonds is 3. The minimum absolute atomic E-state index is 0.0493. The van der Waals surface area contributed by atoms with Crippen molar-refractivity contribution in [1.82, 2.24) is 0 Å². The summed E-state index contributed by atoms with van der Waals surface area (Å²) in [4.78, 5) is 24.4. The molecular weight excluding hydrogens is 616 g/mol. The number of aliphatic hydroxyl groups excluding tert-OH is 5. The van der Waals surface area contributed by atoms with Crippen LogP contribution in [0.2, 0.25) is 0 Å². The number of carboxylic acid groups (broad SMARTS) is 1. The minimum Gasteiger partial charge on any atom is -0.481 e. The van der Waals surface area contributed by atoms with E-state index in [2.05, 4.69) is 0 Å². The van der Waals surface area contributed by atoms with Gasteiger partial charge in [0.25, 0.3) is 0 Å². The Labute approximate surface area is 275 Å². The molecule has 13 nitrogen and oxygen atoms in total. The minimum atomic E-state index is -2.12. The van der Waals surface area contributed by atoms with E-state index in [9.17, 15) is 45.3 Å². The molecule has 0 saturated carbocycles. The molecule has 0 aromatic carbocycles. The van der Waals surface area contributed by atoms with E-state index in [1.165, 1.54) is 12.2 Å². The van der Waals surface area contributed by atoms with Crippen molar-refractivity contribution in [2.45, 2.75) is 126 Å². The van der Waals surface area contributed by atoms with Crippen molar-refractivity contribution >= 4 is 11.9 Å². The quantitative estimate of drug-likeness (QED) is 0.168. The van der Waals surface area contributed by atoms with Crippen LogP contribution in [0.15, 0.2) is 60.8 Å². The van der Waals surface area contributed by atoms with E-state index in [0.717, 1.165) is 0 Å². The largest absolute Gasteiger partial charge is 0.481 e. The maximum Gasteiger partial charge on any atom is 0.311 e. The molecule has 0 aliphatic carbocycles. The lowest BCUT2D eigenvalue weighted by atomic mass is 9.83. The Hall–Kier alpha value is -2.72. The van der Waals surface area contributed by atoms with Crippen LogP contribution in [0.3, 0.4) is 0 Å². The van der Waals surface area contributed by atoms with E-state index in [1.807, 2.05) is 6.08 Å². The average Bonchev–Trinajstić information content (AvgIpc) is 2.96. The van der Waals surface area contributed by atoms with Crippen molar-refractivity contribution in [3.8, 4) is 0 Å². The highest BCUT2D eigenvalue weighted by atomic mass is 16.7. The second-order valence-corrected chi connectivity index (χ2v) is 12.6. The molecule has 3 unspecified atom stereocenters. The lowest BCUT2D eigenvalue weighted by Gasteiger charge is -2.45. The first-order chi connectivity index (χ1) is 22.2. The Bertz CT molecular complexity index is 1160. The molecule has 264 valence electrons. The second kappa shape index (κ2) is 18.2. The van der Waals surface area contributed by atoms with Gasteiger partial charge in [0, 0.05) is 31.6 Å². The third-order valence-corrected chi connectivity index (χ3v) is 8.54. The highest BCUT2D eigenvalue weighted by Gasteiger charge is 2.50. The molecule has 47 heavy (non-hydrogen) atoms. The fourth-order valence-corrected chi connectivity index (χ4v) is 5.81. The van der Waals surface area contributed by atoms with Gasteiger partial charge in [-0.05, 0) is 20.3 Å². The summed E-state index contributed by atoms with van der Waals surface area (Å²) in [5.74, 6) is -5.92. The lowest BCUT2D eigenvalue weighted by Crippen LogP contribution is -2.57. The molecule has 0 amide bonds. The fraction of sp³-hybridized carbons (Fsp3) is 0.647. The first kappa shape index (κ1) is 38.7. The summed E-state index contributed by atoms with van der Waals surface area (Å²) in [6.07, 6.45) is 4.57. The van der Waals surface area contributed by atoms with Crippen molar-refractivity contribution in [2.75, 3.05) is 0 Å². The van der Waals surface area contributed by atoms with Gasteiger partial charge in [-0.1, -0.05) is 67.7 Å². The van der Waals surface area contributed by atoms with Crippen LogP contribution in [0.1, 0.15) is 59.3 Å². The Morgan fingerprint density at radius 1 is 0.894 bits per heavy atom. The van der Waals surface area contributed by atoms with Gasteiger partial charge in [0.15, 0.2) is 12.1 Å². The highest BCUT2D eigenvalue weighted by molar-refractivity contribution is 5.71. The fourth-order valence-electron chi connectivity index (χ4n) is 5.81. The number of esters is 1. The molecule has 0 aromatic rings. The Kier molecular flexibility index (Phi) is 15.0. The predicted molar refractivity (Wildman–Crippen MR) is 168 cm³/mol.